The molecule has 0 aliphatic carbocycles. The highest BCUT2D eigenvalue weighted by atomic mass is 16.4. The van der Waals surface area contributed by atoms with Crippen molar-refractivity contribution < 1.29 is 19.8 Å². The maximum atomic E-state index is 10.7. The van der Waals surface area contributed by atoms with Gasteiger partial charge in [0.05, 0.1) is 5.92 Å². The molecule has 74 valence electrons. The summed E-state index contributed by atoms with van der Waals surface area (Å²) >= 11 is 0. The Kier molecular flexibility index (Phi) is 2.75. The molecule has 5 nitrogen and oxygen atoms in total. The third-order valence-electron chi connectivity index (χ3n) is 2.49. The molecule has 0 aromatic carbocycles. The highest BCUT2D eigenvalue weighted by Crippen LogP contribution is 2.23. The van der Waals surface area contributed by atoms with E-state index in [1.807, 2.05) is 0 Å². The zero-order chi connectivity index (χ0) is 10.0. The fraction of sp³-hybridized carbons (Fsp3) is 0.750. The average Bonchev–Trinajstić information content (AvgIpc) is 2.03. The molecule has 0 saturated carbocycles. The summed E-state index contributed by atoms with van der Waals surface area (Å²) in [5.74, 6) is -1.31. The van der Waals surface area contributed by atoms with Gasteiger partial charge in [-0.05, 0) is 12.3 Å². The maximum Gasteiger partial charge on any atom is 0.407 e. The summed E-state index contributed by atoms with van der Waals surface area (Å²) in [6, 6.07) is 0. The van der Waals surface area contributed by atoms with Crippen LogP contribution in [0.3, 0.4) is 0 Å². The lowest BCUT2D eigenvalue weighted by Gasteiger charge is -2.32. The van der Waals surface area contributed by atoms with E-state index in [0.29, 0.717) is 19.5 Å². The summed E-state index contributed by atoms with van der Waals surface area (Å²) in [5.41, 5.74) is 0. The second-order valence-electron chi connectivity index (χ2n) is 3.44. The van der Waals surface area contributed by atoms with Gasteiger partial charge in [-0.3, -0.25) is 4.79 Å². The van der Waals surface area contributed by atoms with Gasteiger partial charge in [0.15, 0.2) is 0 Å². The zero-order valence-electron chi connectivity index (χ0n) is 7.43. The Bertz CT molecular complexity index is 228. The number of carboxylic acids is 1. The Morgan fingerprint density at radius 3 is 2.38 bits per heavy atom. The minimum Gasteiger partial charge on any atom is -0.481 e. The largest absolute Gasteiger partial charge is 0.481 e. The van der Waals surface area contributed by atoms with Crippen LogP contribution in [0.25, 0.3) is 0 Å². The first kappa shape index (κ1) is 9.83. The molecule has 1 saturated heterocycles. The molecular weight excluding hydrogens is 174 g/mol. The Hall–Kier alpha value is -1.26. The standard InChI is InChI=1S/C8H13NO4/c1-5-4-9(8(12)13)3-2-6(5)7(10)11/h5-6H,2-4H2,1H3,(H,10,11)(H,12,13)/t5-,6+/m1/s1. The molecule has 1 rings (SSSR count). The van der Waals surface area contributed by atoms with Crippen molar-refractivity contribution in [2.45, 2.75) is 13.3 Å². The van der Waals surface area contributed by atoms with Gasteiger partial charge in [0.2, 0.25) is 0 Å². The predicted octanol–water partition coefficient (Wildman–Crippen LogP) is 0.707. The van der Waals surface area contributed by atoms with Crippen molar-refractivity contribution in [1.29, 1.82) is 0 Å². The lowest BCUT2D eigenvalue weighted by molar-refractivity contribution is -0.145. The molecule has 1 amide bonds. The van der Waals surface area contributed by atoms with E-state index in [1.165, 1.54) is 4.90 Å². The highest BCUT2D eigenvalue weighted by Gasteiger charge is 2.32. The fourth-order valence-corrected chi connectivity index (χ4v) is 1.69. The van der Waals surface area contributed by atoms with Crippen LogP contribution >= 0.6 is 0 Å². The summed E-state index contributed by atoms with van der Waals surface area (Å²) in [6.07, 6.45) is -0.543. The Morgan fingerprint density at radius 2 is 2.00 bits per heavy atom. The number of carboxylic acid groups (broad SMARTS) is 2. The highest BCUT2D eigenvalue weighted by molar-refractivity contribution is 5.71. The summed E-state index contributed by atoms with van der Waals surface area (Å²) in [7, 11) is 0. The number of piperidine rings is 1. The van der Waals surface area contributed by atoms with Gasteiger partial charge in [0.25, 0.3) is 0 Å². The third-order valence-corrected chi connectivity index (χ3v) is 2.49. The first-order valence-electron chi connectivity index (χ1n) is 4.23. The van der Waals surface area contributed by atoms with Gasteiger partial charge in [-0.15, -0.1) is 0 Å². The van der Waals surface area contributed by atoms with E-state index in [9.17, 15) is 9.59 Å². The minimum absolute atomic E-state index is 0.0950. The Morgan fingerprint density at radius 1 is 1.38 bits per heavy atom. The molecule has 2 N–H and O–H groups in total. The molecule has 5 heteroatoms. The summed E-state index contributed by atoms with van der Waals surface area (Å²) in [6.45, 7) is 2.43. The summed E-state index contributed by atoms with van der Waals surface area (Å²) in [4.78, 5) is 22.5. The number of nitrogens with zero attached hydrogens (tertiary/aromatic N) is 1. The Balaban J connectivity index is 2.56. The van der Waals surface area contributed by atoms with Crippen molar-refractivity contribution >= 4 is 12.1 Å². The van der Waals surface area contributed by atoms with Crippen LogP contribution in [0.1, 0.15) is 13.3 Å². The second-order valence-corrected chi connectivity index (χ2v) is 3.44. The number of amides is 1. The van der Waals surface area contributed by atoms with Gasteiger partial charge in [-0.1, -0.05) is 6.92 Å². The SMILES string of the molecule is C[C@@H]1CN(C(=O)O)CC[C@@H]1C(=O)O. The third kappa shape index (κ3) is 2.11. The van der Waals surface area contributed by atoms with Crippen LogP contribution in [0, 0.1) is 11.8 Å². The molecule has 1 aliphatic rings. The van der Waals surface area contributed by atoms with Gasteiger partial charge in [-0.2, -0.15) is 0 Å². The normalized spacial score (nSPS) is 28.5. The van der Waals surface area contributed by atoms with Crippen LogP contribution in [-0.2, 0) is 4.79 Å². The van der Waals surface area contributed by atoms with Gasteiger partial charge in [0.1, 0.15) is 0 Å². The van der Waals surface area contributed by atoms with Crippen molar-refractivity contribution in [1.82, 2.24) is 4.90 Å². The lowest BCUT2D eigenvalue weighted by atomic mass is 9.87. The molecule has 2 atom stereocenters. The summed E-state index contributed by atoms with van der Waals surface area (Å²) < 4.78 is 0. The van der Waals surface area contributed by atoms with Crippen molar-refractivity contribution in [3.63, 3.8) is 0 Å². The van der Waals surface area contributed by atoms with Crippen molar-refractivity contribution in [3.8, 4) is 0 Å². The quantitative estimate of drug-likeness (QED) is 0.633. The van der Waals surface area contributed by atoms with Crippen molar-refractivity contribution in [2.75, 3.05) is 13.1 Å². The molecular formula is C8H13NO4. The van der Waals surface area contributed by atoms with Crippen LogP contribution in [-0.4, -0.2) is 40.3 Å². The van der Waals surface area contributed by atoms with E-state index in [0.717, 1.165) is 0 Å². The van der Waals surface area contributed by atoms with Gasteiger partial charge in [-0.25, -0.2) is 4.79 Å². The number of hydrogen-bond acceptors (Lipinski definition) is 2. The molecule has 13 heavy (non-hydrogen) atoms. The van der Waals surface area contributed by atoms with Crippen LogP contribution in [0.5, 0.6) is 0 Å². The van der Waals surface area contributed by atoms with Crippen LogP contribution in [0.15, 0.2) is 0 Å². The molecule has 0 spiro atoms. The number of likely N-dealkylation sites (tertiary alicyclic amines) is 1. The predicted molar refractivity (Wildman–Crippen MR) is 44.5 cm³/mol. The first-order chi connectivity index (χ1) is 6.02. The number of rotatable bonds is 1. The zero-order valence-corrected chi connectivity index (χ0v) is 7.43. The van der Waals surface area contributed by atoms with Crippen LogP contribution < -0.4 is 0 Å². The van der Waals surface area contributed by atoms with Crippen LogP contribution in [0.4, 0.5) is 4.79 Å². The first-order valence-corrected chi connectivity index (χ1v) is 4.23. The van der Waals surface area contributed by atoms with Gasteiger partial charge >= 0.3 is 12.1 Å². The molecule has 0 radical (unpaired) electrons. The monoisotopic (exact) mass is 187 g/mol. The molecule has 1 heterocycles. The van der Waals surface area contributed by atoms with E-state index in [-0.39, 0.29) is 5.92 Å². The maximum absolute atomic E-state index is 10.7. The molecule has 0 aromatic rings. The van der Waals surface area contributed by atoms with E-state index in [2.05, 4.69) is 0 Å². The van der Waals surface area contributed by atoms with E-state index in [1.54, 1.807) is 6.92 Å². The van der Waals surface area contributed by atoms with Gasteiger partial charge < -0.3 is 15.1 Å². The summed E-state index contributed by atoms with van der Waals surface area (Å²) in [5, 5.41) is 17.4. The molecule has 0 bridgehead atoms. The Labute approximate surface area is 76.0 Å². The molecule has 0 unspecified atom stereocenters. The van der Waals surface area contributed by atoms with E-state index in [4.69, 9.17) is 10.2 Å². The van der Waals surface area contributed by atoms with Gasteiger partial charge in [0, 0.05) is 13.1 Å². The molecule has 1 aliphatic heterocycles. The smallest absolute Gasteiger partial charge is 0.407 e. The fourth-order valence-electron chi connectivity index (χ4n) is 1.69. The van der Waals surface area contributed by atoms with E-state index < -0.39 is 18.0 Å². The van der Waals surface area contributed by atoms with Crippen molar-refractivity contribution in [3.05, 3.63) is 0 Å². The average molecular weight is 187 g/mol. The number of hydrogen-bond donors (Lipinski definition) is 2. The lowest BCUT2D eigenvalue weighted by Crippen LogP contribution is -2.44. The second kappa shape index (κ2) is 3.64. The topological polar surface area (TPSA) is 77.8 Å². The van der Waals surface area contributed by atoms with E-state index >= 15 is 0 Å². The number of aliphatic carboxylic acids is 1. The minimum atomic E-state index is -0.962. The van der Waals surface area contributed by atoms with Crippen LogP contribution in [0.2, 0.25) is 0 Å². The molecule has 1 fully saturated rings. The molecule has 0 aromatic heterocycles. The number of carbonyl (C=O) groups is 2. The van der Waals surface area contributed by atoms with Crippen molar-refractivity contribution in [2.24, 2.45) is 11.8 Å².